The van der Waals surface area contributed by atoms with E-state index < -0.39 is 0 Å². The van der Waals surface area contributed by atoms with Gasteiger partial charge in [0.2, 0.25) is 17.8 Å². The zero-order valence-electron chi connectivity index (χ0n) is 20.9. The van der Waals surface area contributed by atoms with Crippen molar-refractivity contribution >= 4 is 57.3 Å². The molecule has 1 aliphatic rings. The Morgan fingerprint density at radius 1 is 1.00 bits per heavy atom. The van der Waals surface area contributed by atoms with Crippen LogP contribution in [0.4, 0.5) is 23.0 Å². The van der Waals surface area contributed by atoms with E-state index in [1.165, 1.54) is 6.08 Å². The molecular formula is C29H27ClN6O2. The van der Waals surface area contributed by atoms with Gasteiger partial charge in [-0.05, 0) is 60.2 Å². The van der Waals surface area contributed by atoms with E-state index in [0.717, 1.165) is 54.1 Å². The predicted octanol–water partition coefficient (Wildman–Crippen LogP) is 5.49. The van der Waals surface area contributed by atoms with Gasteiger partial charge in [-0.15, -0.1) is 0 Å². The number of carbonyl (C=O) groups is 2. The average Bonchev–Trinajstić information content (AvgIpc) is 2.93. The Hall–Kier alpha value is -4.43. The van der Waals surface area contributed by atoms with Crippen molar-refractivity contribution in [1.82, 2.24) is 14.9 Å². The second-order valence-corrected chi connectivity index (χ2v) is 9.40. The van der Waals surface area contributed by atoms with Gasteiger partial charge in [-0.25, -0.2) is 9.97 Å². The normalized spacial score (nSPS) is 13.3. The first kappa shape index (κ1) is 25.2. The lowest BCUT2D eigenvalue weighted by molar-refractivity contribution is -0.129. The van der Waals surface area contributed by atoms with Crippen LogP contribution in [-0.4, -0.2) is 52.9 Å². The number of nitrogens with zero attached hydrogens (tertiary/aromatic N) is 4. The molecule has 1 saturated heterocycles. The van der Waals surface area contributed by atoms with Crippen LogP contribution in [0, 0.1) is 0 Å². The van der Waals surface area contributed by atoms with Crippen LogP contribution in [0.1, 0.15) is 6.92 Å². The number of halogens is 1. The smallest absolute Gasteiger partial charge is 0.247 e. The van der Waals surface area contributed by atoms with E-state index in [9.17, 15) is 9.59 Å². The van der Waals surface area contributed by atoms with Crippen LogP contribution in [0.15, 0.2) is 79.5 Å². The SMILES string of the molecule is C=CC(=O)Nc1cccc(-c2c(Cl)ccc3cnc(Nc4ccc(N5CCN(C(C)=O)CC5)cc4)nc23)c1. The van der Waals surface area contributed by atoms with E-state index in [4.69, 9.17) is 16.6 Å². The largest absolute Gasteiger partial charge is 0.368 e. The third-order valence-corrected chi connectivity index (χ3v) is 6.83. The van der Waals surface area contributed by atoms with Crippen molar-refractivity contribution in [2.24, 2.45) is 0 Å². The van der Waals surface area contributed by atoms with Crippen LogP contribution in [0.5, 0.6) is 0 Å². The molecule has 1 fully saturated rings. The van der Waals surface area contributed by atoms with E-state index in [1.807, 2.05) is 47.4 Å². The van der Waals surface area contributed by atoms with Gasteiger partial charge in [-0.3, -0.25) is 9.59 Å². The highest BCUT2D eigenvalue weighted by Crippen LogP contribution is 2.36. The van der Waals surface area contributed by atoms with E-state index in [2.05, 4.69) is 39.2 Å². The highest BCUT2D eigenvalue weighted by atomic mass is 35.5. The summed E-state index contributed by atoms with van der Waals surface area (Å²) in [5, 5.41) is 7.46. The Morgan fingerprint density at radius 2 is 1.76 bits per heavy atom. The van der Waals surface area contributed by atoms with Crippen LogP contribution < -0.4 is 15.5 Å². The first-order valence-electron chi connectivity index (χ1n) is 12.3. The molecule has 3 aromatic carbocycles. The molecule has 8 nitrogen and oxygen atoms in total. The molecule has 2 heterocycles. The second-order valence-electron chi connectivity index (χ2n) is 8.99. The quantitative estimate of drug-likeness (QED) is 0.323. The fourth-order valence-corrected chi connectivity index (χ4v) is 4.78. The number of piperazine rings is 1. The number of amides is 2. The predicted molar refractivity (Wildman–Crippen MR) is 153 cm³/mol. The molecule has 0 radical (unpaired) electrons. The standard InChI is InChI=1S/C29H27ClN6O2/c1-3-26(38)32-23-6-4-5-20(17-23)27-25(30)12-7-21-18-31-29(34-28(21)27)33-22-8-10-24(11-9-22)36-15-13-35(14-16-36)19(2)37/h3-12,17-18H,1,13-16H2,2H3,(H,32,38)(H,31,33,34). The number of fused-ring (bicyclic) bond motifs is 1. The summed E-state index contributed by atoms with van der Waals surface area (Å²) in [4.78, 5) is 36.8. The molecule has 0 aliphatic carbocycles. The number of nitrogens with one attached hydrogen (secondary N) is 2. The van der Waals surface area contributed by atoms with E-state index in [1.54, 1.807) is 19.2 Å². The zero-order chi connectivity index (χ0) is 26.6. The summed E-state index contributed by atoms with van der Waals surface area (Å²) in [6.45, 7) is 8.19. The number of aromatic nitrogens is 2. The number of hydrogen-bond acceptors (Lipinski definition) is 6. The Balaban J connectivity index is 1.38. The summed E-state index contributed by atoms with van der Waals surface area (Å²) in [7, 11) is 0. The van der Waals surface area contributed by atoms with Crippen LogP contribution in [0.25, 0.3) is 22.0 Å². The molecule has 0 atom stereocenters. The Morgan fingerprint density at radius 3 is 2.47 bits per heavy atom. The van der Waals surface area contributed by atoms with Gasteiger partial charge in [0.1, 0.15) is 0 Å². The van der Waals surface area contributed by atoms with Crippen molar-refractivity contribution in [3.8, 4) is 11.1 Å². The number of benzene rings is 3. The molecular weight excluding hydrogens is 500 g/mol. The minimum absolute atomic E-state index is 0.121. The van der Waals surface area contributed by atoms with Crippen LogP contribution in [0.2, 0.25) is 5.02 Å². The first-order valence-corrected chi connectivity index (χ1v) is 12.7. The molecule has 0 spiro atoms. The first-order chi connectivity index (χ1) is 18.4. The lowest BCUT2D eigenvalue weighted by Gasteiger charge is -2.35. The monoisotopic (exact) mass is 526 g/mol. The average molecular weight is 527 g/mol. The maximum absolute atomic E-state index is 11.8. The minimum atomic E-state index is -0.288. The van der Waals surface area contributed by atoms with Gasteiger partial charge in [-0.2, -0.15) is 0 Å². The molecule has 9 heteroatoms. The van der Waals surface area contributed by atoms with Gasteiger partial charge >= 0.3 is 0 Å². The van der Waals surface area contributed by atoms with Crippen molar-refractivity contribution in [3.63, 3.8) is 0 Å². The molecule has 5 rings (SSSR count). The van der Waals surface area contributed by atoms with Crippen LogP contribution in [-0.2, 0) is 9.59 Å². The van der Waals surface area contributed by atoms with Crippen molar-refractivity contribution < 1.29 is 9.59 Å². The Labute approximate surface area is 226 Å². The number of anilines is 4. The van der Waals surface area contributed by atoms with Gasteiger partial charge in [0.25, 0.3) is 0 Å². The zero-order valence-corrected chi connectivity index (χ0v) is 21.7. The summed E-state index contributed by atoms with van der Waals surface area (Å²) in [6, 6.07) is 19.2. The van der Waals surface area contributed by atoms with Crippen LogP contribution >= 0.6 is 11.6 Å². The fourth-order valence-electron chi connectivity index (χ4n) is 4.52. The van der Waals surface area contributed by atoms with Crippen molar-refractivity contribution in [2.45, 2.75) is 6.92 Å². The lowest BCUT2D eigenvalue weighted by Crippen LogP contribution is -2.48. The number of hydrogen-bond donors (Lipinski definition) is 2. The van der Waals surface area contributed by atoms with Gasteiger partial charge in [-0.1, -0.05) is 30.3 Å². The molecule has 0 unspecified atom stereocenters. The summed E-state index contributed by atoms with van der Waals surface area (Å²) >= 11 is 6.64. The third kappa shape index (κ3) is 5.45. The van der Waals surface area contributed by atoms with Gasteiger partial charge in [0.05, 0.1) is 10.5 Å². The Kier molecular flexibility index (Phi) is 7.24. The molecule has 4 aromatic rings. The molecule has 0 bridgehead atoms. The maximum atomic E-state index is 11.8. The topological polar surface area (TPSA) is 90.5 Å². The van der Waals surface area contributed by atoms with Gasteiger partial charge in [0.15, 0.2) is 0 Å². The van der Waals surface area contributed by atoms with Crippen molar-refractivity contribution in [1.29, 1.82) is 0 Å². The second kappa shape index (κ2) is 10.9. The molecule has 2 amide bonds. The summed E-state index contributed by atoms with van der Waals surface area (Å²) in [5.74, 6) is 0.278. The molecule has 0 saturated carbocycles. The summed E-state index contributed by atoms with van der Waals surface area (Å²) < 4.78 is 0. The van der Waals surface area contributed by atoms with Gasteiger partial charge in [0, 0.05) is 67.3 Å². The molecule has 1 aliphatic heterocycles. The fraction of sp³-hybridized carbons (Fsp3) is 0.172. The van der Waals surface area contributed by atoms with E-state index >= 15 is 0 Å². The number of rotatable bonds is 6. The highest BCUT2D eigenvalue weighted by molar-refractivity contribution is 6.35. The minimum Gasteiger partial charge on any atom is -0.368 e. The summed E-state index contributed by atoms with van der Waals surface area (Å²) in [5.41, 5.74) is 4.87. The van der Waals surface area contributed by atoms with Crippen molar-refractivity contribution in [3.05, 3.63) is 84.5 Å². The maximum Gasteiger partial charge on any atom is 0.247 e. The lowest BCUT2D eigenvalue weighted by atomic mass is 10.0. The third-order valence-electron chi connectivity index (χ3n) is 6.52. The molecule has 2 N–H and O–H groups in total. The molecule has 1 aromatic heterocycles. The molecule has 38 heavy (non-hydrogen) atoms. The summed E-state index contributed by atoms with van der Waals surface area (Å²) in [6.07, 6.45) is 2.99. The van der Waals surface area contributed by atoms with Crippen LogP contribution in [0.3, 0.4) is 0 Å². The van der Waals surface area contributed by atoms with Crippen molar-refractivity contribution in [2.75, 3.05) is 41.7 Å². The molecule has 192 valence electrons. The van der Waals surface area contributed by atoms with E-state index in [-0.39, 0.29) is 11.8 Å². The van der Waals surface area contributed by atoms with E-state index in [0.29, 0.717) is 22.2 Å². The number of carbonyl (C=O) groups excluding carboxylic acids is 2. The van der Waals surface area contributed by atoms with Gasteiger partial charge < -0.3 is 20.4 Å². The Bertz CT molecular complexity index is 1510. The highest BCUT2D eigenvalue weighted by Gasteiger charge is 2.19.